The van der Waals surface area contributed by atoms with Crippen LogP contribution in [0.25, 0.3) is 0 Å². The van der Waals surface area contributed by atoms with Crippen molar-refractivity contribution in [2.75, 3.05) is 59.0 Å². The van der Waals surface area contributed by atoms with Gasteiger partial charge in [-0.1, -0.05) is 0 Å². The van der Waals surface area contributed by atoms with Gasteiger partial charge in [-0.15, -0.1) is 0 Å². The molecule has 8 heteroatoms. The Bertz CT molecular complexity index is 595. The second-order valence-electron chi connectivity index (χ2n) is 7.50. The average molecular weight is 408 g/mol. The first-order chi connectivity index (χ1) is 14.1. The third-order valence-electron chi connectivity index (χ3n) is 4.64. The monoisotopic (exact) mass is 407 g/mol. The van der Waals surface area contributed by atoms with Crippen molar-refractivity contribution in [1.29, 1.82) is 0 Å². The zero-order chi connectivity index (χ0) is 20.9. The molecule has 29 heavy (non-hydrogen) atoms. The van der Waals surface area contributed by atoms with Gasteiger partial charge in [-0.25, -0.2) is 0 Å². The van der Waals surface area contributed by atoms with E-state index in [0.29, 0.717) is 6.54 Å². The lowest BCUT2D eigenvalue weighted by Gasteiger charge is -2.36. The highest BCUT2D eigenvalue weighted by atomic mass is 16.5. The molecule has 0 aliphatic carbocycles. The summed E-state index contributed by atoms with van der Waals surface area (Å²) in [7, 11) is 0. The topological polar surface area (TPSA) is 82.3 Å². The lowest BCUT2D eigenvalue weighted by Crippen LogP contribution is -2.54. The van der Waals surface area contributed by atoms with E-state index in [0.717, 1.165) is 77.0 Å². The van der Waals surface area contributed by atoms with Gasteiger partial charge in [0.15, 0.2) is 5.96 Å². The fourth-order valence-corrected chi connectivity index (χ4v) is 3.20. The van der Waals surface area contributed by atoms with Crippen LogP contribution in [-0.2, 0) is 16.0 Å². The first-order valence-corrected chi connectivity index (χ1v) is 10.7. The van der Waals surface area contributed by atoms with Crippen LogP contribution in [0.2, 0.25) is 0 Å². The Hall–Kier alpha value is -2.06. The highest BCUT2D eigenvalue weighted by molar-refractivity contribution is 5.80. The summed E-state index contributed by atoms with van der Waals surface area (Å²) in [5, 5.41) is 6.44. The first-order valence-electron chi connectivity index (χ1n) is 10.7. The van der Waals surface area contributed by atoms with E-state index in [1.807, 2.05) is 32.9 Å². The number of furan rings is 1. The van der Waals surface area contributed by atoms with Gasteiger partial charge in [-0.05, 0) is 39.3 Å². The predicted molar refractivity (Wildman–Crippen MR) is 115 cm³/mol. The Morgan fingerprint density at radius 2 is 2.10 bits per heavy atom. The zero-order valence-corrected chi connectivity index (χ0v) is 18.2. The Balaban J connectivity index is 1.81. The fourth-order valence-electron chi connectivity index (χ4n) is 3.20. The van der Waals surface area contributed by atoms with Crippen molar-refractivity contribution in [2.24, 2.45) is 4.99 Å². The van der Waals surface area contributed by atoms with Crippen LogP contribution in [0, 0.1) is 0 Å². The van der Waals surface area contributed by atoms with E-state index in [1.54, 1.807) is 6.26 Å². The molecule has 0 spiro atoms. The van der Waals surface area contributed by atoms with Gasteiger partial charge in [0.05, 0.1) is 12.8 Å². The fraction of sp³-hybridized carbons (Fsp3) is 0.714. The molecule has 0 saturated carbocycles. The van der Waals surface area contributed by atoms with Crippen LogP contribution in [0.15, 0.2) is 27.8 Å². The maximum absolute atomic E-state index is 12.0. The van der Waals surface area contributed by atoms with E-state index in [4.69, 9.17) is 14.1 Å². The molecule has 2 heterocycles. The van der Waals surface area contributed by atoms with Crippen LogP contribution in [-0.4, -0.2) is 86.7 Å². The van der Waals surface area contributed by atoms with Crippen LogP contribution >= 0.6 is 0 Å². The molecule has 0 radical (unpaired) electrons. The number of nitrogens with one attached hydrogen (secondary N) is 2. The second kappa shape index (κ2) is 13.2. The summed E-state index contributed by atoms with van der Waals surface area (Å²) < 4.78 is 10.8. The molecule has 1 aromatic heterocycles. The Morgan fingerprint density at radius 3 is 2.76 bits per heavy atom. The van der Waals surface area contributed by atoms with Crippen LogP contribution < -0.4 is 10.6 Å². The van der Waals surface area contributed by atoms with Gasteiger partial charge < -0.3 is 24.7 Å². The number of carbonyl (C=O) groups is 1. The Labute approximate surface area is 174 Å². The van der Waals surface area contributed by atoms with E-state index in [-0.39, 0.29) is 11.9 Å². The van der Waals surface area contributed by atoms with Gasteiger partial charge in [-0.2, -0.15) is 0 Å². The van der Waals surface area contributed by atoms with Crippen molar-refractivity contribution in [2.45, 2.75) is 39.7 Å². The van der Waals surface area contributed by atoms with Crippen LogP contribution in [0.3, 0.4) is 0 Å². The molecule has 1 aromatic rings. The highest BCUT2D eigenvalue weighted by Gasteiger charge is 2.21. The summed E-state index contributed by atoms with van der Waals surface area (Å²) in [5.41, 5.74) is 0. The normalized spacial score (nSPS) is 15.7. The molecule has 0 unspecified atom stereocenters. The summed E-state index contributed by atoms with van der Waals surface area (Å²) in [6.07, 6.45) is 3.43. The van der Waals surface area contributed by atoms with Crippen molar-refractivity contribution < 1.29 is 13.9 Å². The smallest absolute Gasteiger partial charge is 0.234 e. The zero-order valence-electron chi connectivity index (χ0n) is 18.2. The minimum absolute atomic E-state index is 0.0924. The molecule has 1 aliphatic rings. The third-order valence-corrected chi connectivity index (χ3v) is 4.64. The third kappa shape index (κ3) is 9.32. The van der Waals surface area contributed by atoms with Gasteiger partial charge >= 0.3 is 0 Å². The number of aliphatic imine (C=N–C) groups is 1. The van der Waals surface area contributed by atoms with Crippen LogP contribution in [0.4, 0.5) is 0 Å². The molecular weight excluding hydrogens is 370 g/mol. The number of hydrogen-bond acceptors (Lipinski definition) is 5. The summed E-state index contributed by atoms with van der Waals surface area (Å²) in [6.45, 7) is 12.8. The summed E-state index contributed by atoms with van der Waals surface area (Å²) in [6, 6.07) is 4.08. The number of rotatable bonds is 11. The molecule has 0 aromatic carbocycles. The summed E-state index contributed by atoms with van der Waals surface area (Å²) >= 11 is 0. The van der Waals surface area contributed by atoms with Gasteiger partial charge in [-0.3, -0.25) is 14.7 Å². The van der Waals surface area contributed by atoms with Crippen LogP contribution in [0.5, 0.6) is 0 Å². The number of piperazine rings is 1. The average Bonchev–Trinajstić information content (AvgIpc) is 3.20. The van der Waals surface area contributed by atoms with Gasteiger partial charge in [0.1, 0.15) is 5.76 Å². The summed E-state index contributed by atoms with van der Waals surface area (Å²) in [5.74, 6) is 1.99. The number of nitrogens with zero attached hydrogens (tertiary/aromatic N) is 3. The Kier molecular flexibility index (Phi) is 10.6. The lowest BCUT2D eigenvalue weighted by atomic mass is 10.3. The molecule has 1 aliphatic heterocycles. The van der Waals surface area contributed by atoms with Gasteiger partial charge in [0.25, 0.3) is 0 Å². The Morgan fingerprint density at radius 1 is 1.31 bits per heavy atom. The molecular formula is C21H37N5O3. The number of carbonyl (C=O) groups excluding carboxylic acids is 1. The quantitative estimate of drug-likeness (QED) is 0.327. The molecule has 2 N–H and O–H groups in total. The molecule has 1 saturated heterocycles. The minimum atomic E-state index is 0.0924. The maximum Gasteiger partial charge on any atom is 0.234 e. The molecule has 1 fully saturated rings. The van der Waals surface area contributed by atoms with Gasteiger partial charge in [0.2, 0.25) is 5.91 Å². The van der Waals surface area contributed by atoms with E-state index in [9.17, 15) is 4.79 Å². The summed E-state index contributed by atoms with van der Waals surface area (Å²) in [4.78, 5) is 21.3. The molecule has 0 atom stereocenters. The van der Waals surface area contributed by atoms with E-state index >= 15 is 0 Å². The van der Waals surface area contributed by atoms with Crippen molar-refractivity contribution in [1.82, 2.24) is 20.4 Å². The first kappa shape index (κ1) is 23.2. The number of hydrogen-bond donors (Lipinski definition) is 2. The van der Waals surface area contributed by atoms with E-state index in [1.165, 1.54) is 0 Å². The largest absolute Gasteiger partial charge is 0.469 e. The molecule has 0 bridgehead atoms. The van der Waals surface area contributed by atoms with E-state index < -0.39 is 0 Å². The predicted octanol–water partition coefficient (Wildman–Crippen LogP) is 1.34. The standard InChI is InChI=1S/C21H37N5O3/c1-4-28-15-6-9-22-21(23-10-8-19-7-5-16-29-19)26-13-11-25(12-14-26)17-20(27)24-18(2)3/h5,7,16,18H,4,6,8-15,17H2,1-3H3,(H,22,23)(H,24,27). The SMILES string of the molecule is CCOCCCN=C(NCCc1ccco1)N1CCN(CC(=O)NC(C)C)CC1. The van der Waals surface area contributed by atoms with Crippen molar-refractivity contribution in [3.8, 4) is 0 Å². The van der Waals surface area contributed by atoms with Gasteiger partial charge in [0, 0.05) is 64.9 Å². The molecule has 2 rings (SSSR count). The number of guanidine groups is 1. The highest BCUT2D eigenvalue weighted by Crippen LogP contribution is 2.04. The number of amides is 1. The lowest BCUT2D eigenvalue weighted by molar-refractivity contribution is -0.123. The van der Waals surface area contributed by atoms with Crippen LogP contribution in [0.1, 0.15) is 33.0 Å². The molecule has 8 nitrogen and oxygen atoms in total. The maximum atomic E-state index is 12.0. The van der Waals surface area contributed by atoms with Crippen molar-refractivity contribution in [3.05, 3.63) is 24.2 Å². The molecule has 1 amide bonds. The van der Waals surface area contributed by atoms with Crippen molar-refractivity contribution >= 4 is 11.9 Å². The number of ether oxygens (including phenoxy) is 1. The van der Waals surface area contributed by atoms with E-state index in [2.05, 4.69) is 20.4 Å². The second-order valence-corrected chi connectivity index (χ2v) is 7.50. The molecule has 164 valence electrons. The van der Waals surface area contributed by atoms with Crippen molar-refractivity contribution in [3.63, 3.8) is 0 Å². The minimum Gasteiger partial charge on any atom is -0.469 e.